The van der Waals surface area contributed by atoms with E-state index in [2.05, 4.69) is 15.2 Å². The van der Waals surface area contributed by atoms with Crippen LogP contribution in [-0.2, 0) is 20.0 Å². The van der Waals surface area contributed by atoms with Gasteiger partial charge in [-0.3, -0.25) is 10.1 Å². The summed E-state index contributed by atoms with van der Waals surface area (Å²) in [5.74, 6) is 1.70. The molecule has 0 saturated heterocycles. The Labute approximate surface area is 201 Å². The number of benzene rings is 2. The lowest BCUT2D eigenvalue weighted by Gasteiger charge is -2.15. The third-order valence-electron chi connectivity index (χ3n) is 4.88. The van der Waals surface area contributed by atoms with Crippen molar-refractivity contribution in [3.8, 4) is 11.3 Å². The second kappa shape index (κ2) is 11.8. The molecule has 9 heteroatoms. The highest BCUT2D eigenvalue weighted by Crippen LogP contribution is 2.32. The molecule has 0 spiro atoms. The molecule has 0 aliphatic carbocycles. The van der Waals surface area contributed by atoms with E-state index in [1.807, 2.05) is 42.5 Å². The van der Waals surface area contributed by atoms with Crippen LogP contribution in [0.25, 0.3) is 11.3 Å². The predicted molar refractivity (Wildman–Crippen MR) is 129 cm³/mol. The fourth-order valence-electron chi connectivity index (χ4n) is 3.07. The number of carbonyl (C=O) groups is 2. The molecule has 2 aromatic carbocycles. The number of aryl methyl sites for hydroxylation is 1. The van der Waals surface area contributed by atoms with Crippen molar-refractivity contribution in [1.29, 1.82) is 0 Å². The Bertz CT molecular complexity index is 1100. The highest BCUT2D eigenvalue weighted by atomic mass is 35.5. The van der Waals surface area contributed by atoms with Gasteiger partial charge < -0.3 is 14.0 Å². The van der Waals surface area contributed by atoms with E-state index in [0.717, 1.165) is 22.4 Å². The van der Waals surface area contributed by atoms with E-state index < -0.39 is 12.2 Å². The molecule has 1 atom stereocenters. The number of nitrogens with zero attached hydrogens (tertiary/aromatic N) is 1. The largest absolute Gasteiger partial charge is 0.469 e. The van der Waals surface area contributed by atoms with Gasteiger partial charge in [-0.2, -0.15) is 11.8 Å². The average Bonchev–Trinajstić information content (AvgIpc) is 3.17. The maximum atomic E-state index is 12.5. The minimum absolute atomic E-state index is 0.210. The third kappa shape index (κ3) is 6.76. The number of methoxy groups -OCH3 is 1. The number of anilines is 1. The van der Waals surface area contributed by atoms with Gasteiger partial charge in [0.25, 0.3) is 0 Å². The predicted octanol–water partition coefficient (Wildman–Crippen LogP) is 6.41. The first kappa shape index (κ1) is 24.7. The highest BCUT2D eigenvalue weighted by Gasteiger charge is 2.20. The number of aromatic nitrogens is 1. The van der Waals surface area contributed by atoms with Crippen molar-refractivity contribution in [3.63, 3.8) is 0 Å². The number of carbonyl (C=O) groups excluding carboxylic acids is 2. The summed E-state index contributed by atoms with van der Waals surface area (Å²) in [4.78, 5) is 23.7. The summed E-state index contributed by atoms with van der Waals surface area (Å²) in [5.41, 5.74) is 3.58. The number of nitrogens with one attached hydrogen (secondary N) is 1. The summed E-state index contributed by atoms with van der Waals surface area (Å²) < 4.78 is 15.6. The third-order valence-corrected chi connectivity index (χ3v) is 6.25. The Hall–Kier alpha value is -2.97. The zero-order chi connectivity index (χ0) is 23.8. The number of hydrogen-bond donors (Lipinski definition) is 1. The number of halogens is 1. The molecule has 1 heterocycles. The number of hydrogen-bond acceptors (Lipinski definition) is 7. The molecule has 0 aliphatic heterocycles. The molecule has 33 heavy (non-hydrogen) atoms. The molecule has 7 nitrogen and oxygen atoms in total. The van der Waals surface area contributed by atoms with E-state index in [4.69, 9.17) is 20.9 Å². The van der Waals surface area contributed by atoms with Crippen LogP contribution < -0.4 is 5.32 Å². The molecule has 0 unspecified atom stereocenters. The van der Waals surface area contributed by atoms with E-state index >= 15 is 0 Å². The van der Waals surface area contributed by atoms with E-state index in [1.165, 1.54) is 7.11 Å². The van der Waals surface area contributed by atoms with Crippen molar-refractivity contribution < 1.29 is 23.6 Å². The fraction of sp³-hybridized carbons (Fsp3) is 0.292. The van der Waals surface area contributed by atoms with Gasteiger partial charge in [0.15, 0.2) is 5.76 Å². The van der Waals surface area contributed by atoms with E-state index in [1.54, 1.807) is 31.7 Å². The number of esters is 1. The van der Waals surface area contributed by atoms with Gasteiger partial charge in [-0.1, -0.05) is 59.2 Å². The van der Waals surface area contributed by atoms with Crippen LogP contribution in [0.15, 0.2) is 53.1 Å². The van der Waals surface area contributed by atoms with E-state index in [9.17, 15) is 9.59 Å². The maximum absolute atomic E-state index is 12.5. The second-order valence-corrected chi connectivity index (χ2v) is 8.75. The van der Waals surface area contributed by atoms with Gasteiger partial charge in [-0.05, 0) is 25.5 Å². The molecule has 1 amide bonds. The highest BCUT2D eigenvalue weighted by molar-refractivity contribution is 7.98. The van der Waals surface area contributed by atoms with Gasteiger partial charge in [0.1, 0.15) is 17.5 Å². The van der Waals surface area contributed by atoms with Crippen molar-refractivity contribution in [2.24, 2.45) is 0 Å². The van der Waals surface area contributed by atoms with Gasteiger partial charge >= 0.3 is 12.1 Å². The van der Waals surface area contributed by atoms with Crippen LogP contribution >= 0.6 is 23.4 Å². The van der Waals surface area contributed by atoms with Gasteiger partial charge in [-0.25, -0.2) is 4.79 Å². The molecule has 3 rings (SSSR count). The zero-order valence-electron chi connectivity index (χ0n) is 18.6. The van der Waals surface area contributed by atoms with E-state index in [-0.39, 0.29) is 5.97 Å². The first-order valence-electron chi connectivity index (χ1n) is 10.3. The zero-order valence-corrected chi connectivity index (χ0v) is 20.2. The minimum Gasteiger partial charge on any atom is -0.469 e. The summed E-state index contributed by atoms with van der Waals surface area (Å²) in [5, 5.41) is 7.26. The van der Waals surface area contributed by atoms with Crippen molar-refractivity contribution in [1.82, 2.24) is 5.16 Å². The SMILES string of the molecule is COC(=O)CCSCc1ccc(-c2onc(C)c2NC(=O)O[C@H](C)c2ccccc2Cl)cc1. The summed E-state index contributed by atoms with van der Waals surface area (Å²) in [7, 11) is 1.39. The van der Waals surface area contributed by atoms with Crippen molar-refractivity contribution >= 4 is 41.1 Å². The van der Waals surface area contributed by atoms with Crippen LogP contribution in [0.3, 0.4) is 0 Å². The van der Waals surface area contributed by atoms with Gasteiger partial charge in [0, 0.05) is 27.7 Å². The topological polar surface area (TPSA) is 90.7 Å². The van der Waals surface area contributed by atoms with Crippen LogP contribution in [0.4, 0.5) is 10.5 Å². The molecule has 0 radical (unpaired) electrons. The number of ether oxygens (including phenoxy) is 2. The van der Waals surface area contributed by atoms with Crippen molar-refractivity contribution in [2.45, 2.75) is 32.1 Å². The Kier molecular flexibility index (Phi) is 8.79. The van der Waals surface area contributed by atoms with Crippen LogP contribution in [-0.4, -0.2) is 30.1 Å². The molecule has 0 saturated carbocycles. The Morgan fingerprint density at radius 1 is 1.18 bits per heavy atom. The Morgan fingerprint density at radius 3 is 2.61 bits per heavy atom. The Balaban J connectivity index is 1.62. The molecule has 0 fully saturated rings. The lowest BCUT2D eigenvalue weighted by atomic mass is 10.1. The summed E-state index contributed by atoms with van der Waals surface area (Å²) in [6.07, 6.45) is -0.775. The maximum Gasteiger partial charge on any atom is 0.412 e. The Morgan fingerprint density at radius 2 is 1.91 bits per heavy atom. The lowest BCUT2D eigenvalue weighted by molar-refractivity contribution is -0.140. The number of amides is 1. The molecule has 0 bridgehead atoms. The van der Waals surface area contributed by atoms with Crippen LogP contribution in [0.5, 0.6) is 0 Å². The first-order chi connectivity index (χ1) is 15.9. The normalized spacial score (nSPS) is 11.6. The van der Waals surface area contributed by atoms with Crippen molar-refractivity contribution in [3.05, 3.63) is 70.4 Å². The number of thioether (sulfide) groups is 1. The van der Waals surface area contributed by atoms with Gasteiger partial charge in [0.05, 0.1) is 13.5 Å². The van der Waals surface area contributed by atoms with Gasteiger partial charge in [0.2, 0.25) is 0 Å². The smallest absolute Gasteiger partial charge is 0.412 e. The van der Waals surface area contributed by atoms with Crippen LogP contribution in [0.1, 0.15) is 36.3 Å². The van der Waals surface area contributed by atoms with Crippen LogP contribution in [0, 0.1) is 6.92 Å². The summed E-state index contributed by atoms with van der Waals surface area (Å²) >= 11 is 7.84. The minimum atomic E-state index is -0.631. The molecule has 1 aromatic heterocycles. The standard InChI is InChI=1S/C24H25ClN2O5S/c1-15-22(26-24(29)31-16(2)19-6-4-5-7-20(19)25)23(32-27-15)18-10-8-17(9-11-18)14-33-13-12-21(28)30-3/h4-11,16H,12-14H2,1-3H3,(H,26,29)/t16-/m1/s1. The quantitative estimate of drug-likeness (QED) is 0.275. The monoisotopic (exact) mass is 488 g/mol. The van der Waals surface area contributed by atoms with E-state index in [0.29, 0.717) is 34.3 Å². The molecule has 0 aliphatic rings. The van der Waals surface area contributed by atoms with Crippen LogP contribution in [0.2, 0.25) is 5.02 Å². The first-order valence-corrected chi connectivity index (χ1v) is 11.8. The summed E-state index contributed by atoms with van der Waals surface area (Å²) in [6.45, 7) is 3.50. The summed E-state index contributed by atoms with van der Waals surface area (Å²) in [6, 6.07) is 15.0. The molecule has 174 valence electrons. The lowest BCUT2D eigenvalue weighted by Crippen LogP contribution is -2.17. The average molecular weight is 489 g/mol. The second-order valence-electron chi connectivity index (χ2n) is 7.24. The fourth-order valence-corrected chi connectivity index (χ4v) is 4.25. The molecule has 3 aromatic rings. The molecular weight excluding hydrogens is 464 g/mol. The van der Waals surface area contributed by atoms with Gasteiger partial charge in [-0.15, -0.1) is 0 Å². The van der Waals surface area contributed by atoms with Crippen molar-refractivity contribution in [2.75, 3.05) is 18.2 Å². The number of rotatable bonds is 9. The molecule has 1 N–H and O–H groups in total. The molecular formula is C24H25ClN2O5S.